The Balaban J connectivity index is 1.32. The van der Waals surface area contributed by atoms with Crippen LogP contribution in [0.3, 0.4) is 0 Å². The molecule has 5 aromatic rings. The number of halogens is 2. The molecule has 1 N–H and O–H groups in total. The number of furan rings is 1. The van der Waals surface area contributed by atoms with Gasteiger partial charge in [0, 0.05) is 27.9 Å². The second-order valence-electron chi connectivity index (χ2n) is 8.17. The minimum absolute atomic E-state index is 0.296. The summed E-state index contributed by atoms with van der Waals surface area (Å²) in [5, 5.41) is 3.91. The van der Waals surface area contributed by atoms with E-state index in [0.717, 1.165) is 33.4 Å². The quantitative estimate of drug-likeness (QED) is 0.245. The van der Waals surface area contributed by atoms with Crippen LogP contribution in [0.2, 0.25) is 10.0 Å². The van der Waals surface area contributed by atoms with Gasteiger partial charge in [-0.1, -0.05) is 35.3 Å². The number of oxazole rings is 1. The number of nitrogens with zero attached hydrogens (tertiary/aromatic N) is 1. The van der Waals surface area contributed by atoms with Crippen LogP contribution in [0.4, 0.5) is 5.69 Å². The molecule has 0 aliphatic carbocycles. The predicted octanol–water partition coefficient (Wildman–Crippen LogP) is 8.33. The third kappa shape index (κ3) is 5.02. The average molecular weight is 503 g/mol. The zero-order chi connectivity index (χ0) is 24.5. The van der Waals surface area contributed by atoms with Crippen molar-refractivity contribution in [3.8, 4) is 22.8 Å². The molecule has 0 spiro atoms. The minimum Gasteiger partial charge on any atom is -0.457 e. The van der Waals surface area contributed by atoms with Gasteiger partial charge in [-0.15, -0.1) is 0 Å². The number of nitrogens with one attached hydrogen (secondary N) is 1. The number of aryl methyl sites for hydroxylation is 2. The van der Waals surface area contributed by atoms with E-state index in [1.54, 1.807) is 36.4 Å². The molecule has 35 heavy (non-hydrogen) atoms. The first kappa shape index (κ1) is 23.0. The number of aromatic nitrogens is 1. The predicted molar refractivity (Wildman–Crippen MR) is 141 cm³/mol. The van der Waals surface area contributed by atoms with Crippen LogP contribution in [-0.4, -0.2) is 10.9 Å². The Bertz CT molecular complexity index is 1600. The van der Waals surface area contributed by atoms with Crippen molar-refractivity contribution in [2.45, 2.75) is 13.8 Å². The summed E-state index contributed by atoms with van der Waals surface area (Å²) in [7, 11) is 0. The van der Waals surface area contributed by atoms with Gasteiger partial charge in [-0.3, -0.25) is 4.79 Å². The first-order chi connectivity index (χ1) is 16.9. The summed E-state index contributed by atoms with van der Waals surface area (Å²) < 4.78 is 11.7. The monoisotopic (exact) mass is 502 g/mol. The Morgan fingerprint density at radius 1 is 0.914 bits per heavy atom. The molecule has 5 rings (SSSR count). The summed E-state index contributed by atoms with van der Waals surface area (Å²) in [4.78, 5) is 17.2. The molecule has 7 heteroatoms. The Hall–Kier alpha value is -3.80. The Kier molecular flexibility index (Phi) is 6.20. The number of fused-ring (bicyclic) bond motifs is 1. The van der Waals surface area contributed by atoms with Crippen molar-refractivity contribution in [3.63, 3.8) is 0 Å². The van der Waals surface area contributed by atoms with Crippen LogP contribution in [0.25, 0.3) is 40.0 Å². The average Bonchev–Trinajstić information content (AvgIpc) is 3.46. The topological polar surface area (TPSA) is 68.3 Å². The van der Waals surface area contributed by atoms with Gasteiger partial charge in [0.15, 0.2) is 5.58 Å². The Morgan fingerprint density at radius 3 is 2.60 bits per heavy atom. The number of anilines is 1. The molecule has 5 nitrogen and oxygen atoms in total. The van der Waals surface area contributed by atoms with E-state index in [2.05, 4.69) is 10.3 Å². The highest BCUT2D eigenvalue weighted by molar-refractivity contribution is 6.36. The smallest absolute Gasteiger partial charge is 0.248 e. The Labute approximate surface area is 212 Å². The van der Waals surface area contributed by atoms with Gasteiger partial charge in [-0.25, -0.2) is 4.98 Å². The highest BCUT2D eigenvalue weighted by atomic mass is 35.5. The van der Waals surface area contributed by atoms with E-state index < -0.39 is 0 Å². The van der Waals surface area contributed by atoms with Crippen LogP contribution in [0.1, 0.15) is 16.9 Å². The van der Waals surface area contributed by atoms with E-state index in [9.17, 15) is 4.79 Å². The lowest BCUT2D eigenvalue weighted by molar-refractivity contribution is -0.111. The number of hydrogen-bond acceptors (Lipinski definition) is 4. The number of carbonyl (C=O) groups excluding carboxylic acids is 1. The summed E-state index contributed by atoms with van der Waals surface area (Å²) in [6.45, 7) is 3.99. The molecule has 174 valence electrons. The summed E-state index contributed by atoms with van der Waals surface area (Å²) in [5.41, 5.74) is 5.80. The van der Waals surface area contributed by atoms with Gasteiger partial charge in [0.1, 0.15) is 17.0 Å². The van der Waals surface area contributed by atoms with Crippen LogP contribution < -0.4 is 5.32 Å². The highest BCUT2D eigenvalue weighted by Crippen LogP contribution is 2.32. The number of benzene rings is 3. The zero-order valence-electron chi connectivity index (χ0n) is 18.9. The molecule has 3 aromatic carbocycles. The van der Waals surface area contributed by atoms with Gasteiger partial charge in [-0.2, -0.15) is 0 Å². The summed E-state index contributed by atoms with van der Waals surface area (Å²) >= 11 is 12.2. The molecular formula is C28H20Cl2N2O3. The van der Waals surface area contributed by atoms with Crippen LogP contribution >= 0.6 is 23.2 Å². The van der Waals surface area contributed by atoms with E-state index in [0.29, 0.717) is 33.1 Å². The maximum Gasteiger partial charge on any atom is 0.248 e. The molecular weight excluding hydrogens is 483 g/mol. The van der Waals surface area contributed by atoms with Crippen molar-refractivity contribution < 1.29 is 13.6 Å². The zero-order valence-corrected chi connectivity index (χ0v) is 20.4. The van der Waals surface area contributed by atoms with Crippen LogP contribution in [0.5, 0.6) is 0 Å². The van der Waals surface area contributed by atoms with E-state index in [4.69, 9.17) is 32.0 Å². The van der Waals surface area contributed by atoms with Gasteiger partial charge in [-0.05, 0) is 85.6 Å². The van der Waals surface area contributed by atoms with Crippen molar-refractivity contribution >= 4 is 52.0 Å². The number of hydrogen-bond donors (Lipinski definition) is 1. The molecule has 2 heterocycles. The molecule has 0 radical (unpaired) electrons. The van der Waals surface area contributed by atoms with Crippen LogP contribution in [-0.2, 0) is 4.79 Å². The molecule has 0 unspecified atom stereocenters. The molecule has 0 saturated heterocycles. The number of carbonyl (C=O) groups is 1. The fourth-order valence-corrected chi connectivity index (χ4v) is 4.20. The van der Waals surface area contributed by atoms with E-state index in [-0.39, 0.29) is 5.91 Å². The summed E-state index contributed by atoms with van der Waals surface area (Å²) in [6, 6.07) is 20.2. The first-order valence-corrected chi connectivity index (χ1v) is 11.6. The molecule has 0 aliphatic rings. The number of amides is 1. The van der Waals surface area contributed by atoms with E-state index in [1.807, 2.05) is 50.2 Å². The van der Waals surface area contributed by atoms with Crippen molar-refractivity contribution in [3.05, 3.63) is 99.7 Å². The highest BCUT2D eigenvalue weighted by Gasteiger charge is 2.13. The van der Waals surface area contributed by atoms with Gasteiger partial charge < -0.3 is 14.2 Å². The lowest BCUT2D eigenvalue weighted by atomic mass is 10.1. The largest absolute Gasteiger partial charge is 0.457 e. The van der Waals surface area contributed by atoms with Gasteiger partial charge in [0.25, 0.3) is 0 Å². The molecule has 2 aromatic heterocycles. The Morgan fingerprint density at radius 2 is 1.77 bits per heavy atom. The molecule has 0 saturated carbocycles. The van der Waals surface area contributed by atoms with Gasteiger partial charge in [0.05, 0.1) is 5.02 Å². The lowest BCUT2D eigenvalue weighted by Gasteiger charge is -2.06. The second-order valence-corrected chi connectivity index (χ2v) is 9.01. The maximum atomic E-state index is 12.6. The minimum atomic E-state index is -0.296. The van der Waals surface area contributed by atoms with Gasteiger partial charge in [0.2, 0.25) is 11.8 Å². The SMILES string of the molecule is Cc1ccc2oc(-c3cc(NC(=O)/C=C\c4ccc(-c5ccc(Cl)cc5Cl)o4)ccc3C)nc2c1. The fraction of sp³-hybridized carbons (Fsp3) is 0.0714. The summed E-state index contributed by atoms with van der Waals surface area (Å²) in [6.07, 6.45) is 3.01. The molecule has 0 bridgehead atoms. The van der Waals surface area contributed by atoms with E-state index in [1.165, 1.54) is 6.08 Å². The first-order valence-electron chi connectivity index (χ1n) is 10.9. The van der Waals surface area contributed by atoms with Crippen molar-refractivity contribution in [2.75, 3.05) is 5.32 Å². The third-order valence-corrected chi connectivity index (χ3v) is 6.05. The third-order valence-electron chi connectivity index (χ3n) is 5.50. The lowest BCUT2D eigenvalue weighted by Crippen LogP contribution is -2.07. The van der Waals surface area contributed by atoms with Crippen molar-refractivity contribution in [2.24, 2.45) is 0 Å². The fourth-order valence-electron chi connectivity index (χ4n) is 3.70. The standard InChI is InChI=1S/C28H20Cl2N2O3/c1-16-3-10-26-24(13-16)32-28(35-26)22-15-19(6-4-17(22)2)31-27(33)12-8-20-7-11-25(34-20)21-9-5-18(29)14-23(21)30/h3-15H,1-2H3,(H,31,33)/b12-8-. The van der Waals surface area contributed by atoms with Crippen LogP contribution in [0.15, 0.2) is 81.6 Å². The van der Waals surface area contributed by atoms with Crippen molar-refractivity contribution in [1.29, 1.82) is 0 Å². The molecule has 0 aliphatic heterocycles. The summed E-state index contributed by atoms with van der Waals surface area (Å²) in [5.74, 6) is 1.32. The number of rotatable bonds is 5. The maximum absolute atomic E-state index is 12.6. The molecule has 1 amide bonds. The second kappa shape index (κ2) is 9.45. The normalized spacial score (nSPS) is 11.4. The molecule has 0 fully saturated rings. The van der Waals surface area contributed by atoms with Crippen LogP contribution in [0, 0.1) is 13.8 Å². The van der Waals surface area contributed by atoms with Crippen molar-refractivity contribution in [1.82, 2.24) is 4.98 Å². The van der Waals surface area contributed by atoms with E-state index >= 15 is 0 Å². The van der Waals surface area contributed by atoms with Gasteiger partial charge >= 0.3 is 0 Å². The molecule has 0 atom stereocenters.